The van der Waals surface area contributed by atoms with E-state index in [4.69, 9.17) is 10.00 Å². The number of aromatic nitrogens is 1. The second-order valence-electron chi connectivity index (χ2n) is 4.74. The summed E-state index contributed by atoms with van der Waals surface area (Å²) in [5.74, 6) is 0.765. The van der Waals surface area contributed by atoms with E-state index >= 15 is 0 Å². The fourth-order valence-corrected chi connectivity index (χ4v) is 2.15. The average molecular weight is 268 g/mol. The first kappa shape index (κ1) is 13.9. The maximum absolute atomic E-state index is 12.3. The van der Waals surface area contributed by atoms with Crippen molar-refractivity contribution >= 4 is 0 Å². The Labute approximate surface area is 117 Å². The van der Waals surface area contributed by atoms with Gasteiger partial charge in [-0.25, -0.2) is 0 Å². The number of benzene rings is 1. The topological polar surface area (TPSA) is 55.0 Å². The zero-order chi connectivity index (χ0) is 14.7. The minimum Gasteiger partial charge on any atom is -0.497 e. The minimum atomic E-state index is -0.254. The predicted octanol–water partition coefficient (Wildman–Crippen LogP) is 2.98. The van der Waals surface area contributed by atoms with Crippen LogP contribution >= 0.6 is 0 Å². The number of pyridine rings is 1. The molecule has 0 aliphatic heterocycles. The molecule has 0 spiro atoms. The lowest BCUT2D eigenvalue weighted by Gasteiger charge is -2.17. The molecule has 102 valence electrons. The molecule has 1 heterocycles. The van der Waals surface area contributed by atoms with Gasteiger partial charge in [0.25, 0.3) is 5.56 Å². The monoisotopic (exact) mass is 268 g/mol. The van der Waals surface area contributed by atoms with Crippen LogP contribution in [0.25, 0.3) is 11.3 Å². The summed E-state index contributed by atoms with van der Waals surface area (Å²) >= 11 is 0. The fraction of sp³-hybridized carbons (Fsp3) is 0.250. The van der Waals surface area contributed by atoms with Gasteiger partial charge in [-0.1, -0.05) is 0 Å². The first-order valence-corrected chi connectivity index (χ1v) is 6.38. The van der Waals surface area contributed by atoms with Gasteiger partial charge in [0.15, 0.2) is 0 Å². The Balaban J connectivity index is 2.64. The molecule has 0 aliphatic rings. The van der Waals surface area contributed by atoms with Crippen LogP contribution in [0.2, 0.25) is 0 Å². The van der Waals surface area contributed by atoms with E-state index in [9.17, 15) is 4.79 Å². The van der Waals surface area contributed by atoms with Gasteiger partial charge < -0.3 is 9.30 Å². The van der Waals surface area contributed by atoms with Gasteiger partial charge in [-0.05, 0) is 55.8 Å². The Bertz CT molecular complexity index is 707. The molecule has 4 heteroatoms. The third-order valence-corrected chi connectivity index (χ3v) is 3.14. The van der Waals surface area contributed by atoms with Crippen LogP contribution in [0.4, 0.5) is 0 Å². The third-order valence-electron chi connectivity index (χ3n) is 3.14. The van der Waals surface area contributed by atoms with Crippen LogP contribution in [-0.4, -0.2) is 11.7 Å². The van der Waals surface area contributed by atoms with E-state index < -0.39 is 0 Å². The zero-order valence-electron chi connectivity index (χ0n) is 11.8. The van der Waals surface area contributed by atoms with Gasteiger partial charge in [0.05, 0.1) is 12.8 Å². The molecule has 0 radical (unpaired) electrons. The maximum Gasteiger partial charge on any atom is 0.269 e. The molecular formula is C16H16N2O2. The van der Waals surface area contributed by atoms with Gasteiger partial charge >= 0.3 is 0 Å². The van der Waals surface area contributed by atoms with E-state index in [1.54, 1.807) is 17.7 Å². The molecule has 1 aromatic carbocycles. The molecule has 1 aromatic heterocycles. The predicted molar refractivity (Wildman–Crippen MR) is 77.8 cm³/mol. The highest BCUT2D eigenvalue weighted by Gasteiger charge is 2.12. The molecule has 0 bridgehead atoms. The first-order valence-electron chi connectivity index (χ1n) is 6.38. The fourth-order valence-electron chi connectivity index (χ4n) is 2.15. The highest BCUT2D eigenvalue weighted by atomic mass is 16.5. The van der Waals surface area contributed by atoms with Gasteiger partial charge in [0, 0.05) is 6.04 Å². The lowest BCUT2D eigenvalue weighted by molar-refractivity contribution is 0.415. The van der Waals surface area contributed by atoms with Crippen LogP contribution in [0.1, 0.15) is 25.5 Å². The van der Waals surface area contributed by atoms with Crippen molar-refractivity contribution in [1.29, 1.82) is 5.26 Å². The molecule has 0 unspecified atom stereocenters. The zero-order valence-corrected chi connectivity index (χ0v) is 11.8. The standard InChI is InChI=1S/C16H16N2O2/c1-11(2)18-15(9-6-13(10-17)16(18)19)12-4-7-14(20-3)8-5-12/h4-9,11H,1-3H3. The Morgan fingerprint density at radius 3 is 2.30 bits per heavy atom. The van der Waals surface area contributed by atoms with Crippen molar-refractivity contribution in [1.82, 2.24) is 4.57 Å². The number of rotatable bonds is 3. The lowest BCUT2D eigenvalue weighted by atomic mass is 10.1. The van der Waals surface area contributed by atoms with Crippen LogP contribution in [0.3, 0.4) is 0 Å². The van der Waals surface area contributed by atoms with E-state index in [0.29, 0.717) is 0 Å². The summed E-state index contributed by atoms with van der Waals surface area (Å²) in [4.78, 5) is 12.3. The molecule has 0 saturated heterocycles. The Morgan fingerprint density at radius 2 is 1.80 bits per heavy atom. The molecule has 0 atom stereocenters. The Morgan fingerprint density at radius 1 is 1.15 bits per heavy atom. The van der Waals surface area contributed by atoms with Crippen molar-refractivity contribution < 1.29 is 4.74 Å². The molecule has 0 fully saturated rings. The number of nitriles is 1. The van der Waals surface area contributed by atoms with Crippen LogP contribution < -0.4 is 10.3 Å². The molecule has 4 nitrogen and oxygen atoms in total. The second kappa shape index (κ2) is 5.62. The molecule has 2 rings (SSSR count). The average Bonchev–Trinajstić information content (AvgIpc) is 2.46. The SMILES string of the molecule is COc1ccc(-c2ccc(C#N)c(=O)n2C(C)C)cc1. The van der Waals surface area contributed by atoms with Gasteiger partial charge in [-0.15, -0.1) is 0 Å². The molecular weight excluding hydrogens is 252 g/mol. The largest absolute Gasteiger partial charge is 0.497 e. The van der Waals surface area contributed by atoms with Crippen molar-refractivity contribution in [2.24, 2.45) is 0 Å². The molecule has 0 saturated carbocycles. The van der Waals surface area contributed by atoms with Crippen molar-refractivity contribution in [2.75, 3.05) is 7.11 Å². The highest BCUT2D eigenvalue weighted by Crippen LogP contribution is 2.23. The van der Waals surface area contributed by atoms with Crippen LogP contribution in [0, 0.1) is 11.3 Å². The summed E-state index contributed by atoms with van der Waals surface area (Å²) in [5, 5.41) is 8.97. The quantitative estimate of drug-likeness (QED) is 0.860. The Kier molecular flexibility index (Phi) is 3.90. The van der Waals surface area contributed by atoms with Gasteiger partial charge in [-0.3, -0.25) is 4.79 Å². The lowest BCUT2D eigenvalue weighted by Crippen LogP contribution is -2.25. The Hall–Kier alpha value is -2.54. The number of methoxy groups -OCH3 is 1. The maximum atomic E-state index is 12.3. The summed E-state index contributed by atoms with van der Waals surface area (Å²) < 4.78 is 6.77. The molecule has 0 aliphatic carbocycles. The van der Waals surface area contributed by atoms with Gasteiger partial charge in [0.1, 0.15) is 17.4 Å². The van der Waals surface area contributed by atoms with Crippen LogP contribution in [0.15, 0.2) is 41.2 Å². The van der Waals surface area contributed by atoms with Crippen LogP contribution in [-0.2, 0) is 0 Å². The second-order valence-corrected chi connectivity index (χ2v) is 4.74. The summed E-state index contributed by atoms with van der Waals surface area (Å²) in [6.45, 7) is 3.85. The molecule has 2 aromatic rings. The first-order chi connectivity index (χ1) is 9.58. The minimum absolute atomic E-state index is 0.0205. The molecule has 0 N–H and O–H groups in total. The normalized spacial score (nSPS) is 10.3. The summed E-state index contributed by atoms with van der Waals surface area (Å²) in [6.07, 6.45) is 0. The highest BCUT2D eigenvalue weighted by molar-refractivity contribution is 5.61. The van der Waals surface area contributed by atoms with E-state index in [1.807, 2.05) is 50.2 Å². The number of hydrogen-bond acceptors (Lipinski definition) is 3. The molecule has 0 amide bonds. The van der Waals surface area contributed by atoms with Crippen molar-refractivity contribution in [3.63, 3.8) is 0 Å². The van der Waals surface area contributed by atoms with Gasteiger partial charge in [0.2, 0.25) is 0 Å². The number of hydrogen-bond donors (Lipinski definition) is 0. The summed E-state index contributed by atoms with van der Waals surface area (Å²) in [5.41, 5.74) is 1.62. The van der Waals surface area contributed by atoms with E-state index in [1.165, 1.54) is 0 Å². The van der Waals surface area contributed by atoms with Crippen molar-refractivity contribution in [3.05, 3.63) is 52.3 Å². The summed E-state index contributed by atoms with van der Waals surface area (Å²) in [7, 11) is 1.61. The molecule has 20 heavy (non-hydrogen) atoms. The third kappa shape index (κ3) is 2.43. The summed E-state index contributed by atoms with van der Waals surface area (Å²) in [6, 6.07) is 12.8. The van der Waals surface area contributed by atoms with E-state index in [2.05, 4.69) is 0 Å². The smallest absolute Gasteiger partial charge is 0.269 e. The van der Waals surface area contributed by atoms with Crippen molar-refractivity contribution in [2.45, 2.75) is 19.9 Å². The van der Waals surface area contributed by atoms with Crippen LogP contribution in [0.5, 0.6) is 5.75 Å². The van der Waals surface area contributed by atoms with Crippen molar-refractivity contribution in [3.8, 4) is 23.1 Å². The number of ether oxygens (including phenoxy) is 1. The van der Waals surface area contributed by atoms with E-state index in [0.717, 1.165) is 17.0 Å². The number of nitrogens with zero attached hydrogens (tertiary/aromatic N) is 2. The van der Waals surface area contributed by atoms with E-state index in [-0.39, 0.29) is 17.2 Å². The van der Waals surface area contributed by atoms with Gasteiger partial charge in [-0.2, -0.15) is 5.26 Å².